The fraction of sp³-hybridized carbons (Fsp3) is 0.486. The van der Waals surface area contributed by atoms with E-state index in [-0.39, 0.29) is 37.6 Å². The van der Waals surface area contributed by atoms with E-state index in [1.807, 2.05) is 33.8 Å². The van der Waals surface area contributed by atoms with Gasteiger partial charge in [-0.1, -0.05) is 23.7 Å². The molecule has 3 N–H and O–H groups in total. The van der Waals surface area contributed by atoms with Gasteiger partial charge in [-0.25, -0.2) is 4.79 Å². The van der Waals surface area contributed by atoms with Crippen molar-refractivity contribution in [3.63, 3.8) is 0 Å². The minimum absolute atomic E-state index is 0.192. The van der Waals surface area contributed by atoms with Crippen LogP contribution in [0.4, 0.5) is 10.5 Å². The number of imide groups is 1. The molecule has 2 aliphatic heterocycles. The molecule has 0 aromatic heterocycles. The molecule has 4 rings (SSSR count). The van der Waals surface area contributed by atoms with Gasteiger partial charge in [0.15, 0.2) is 6.29 Å². The van der Waals surface area contributed by atoms with E-state index in [0.29, 0.717) is 47.9 Å². The Bertz CT molecular complexity index is 1480. The highest BCUT2D eigenvalue weighted by molar-refractivity contribution is 6.31. The largest absolute Gasteiger partial charge is 0.488 e. The zero-order chi connectivity index (χ0) is 35.6. The zero-order valence-corrected chi connectivity index (χ0v) is 29.3. The molecule has 2 aromatic rings. The highest BCUT2D eigenvalue weighted by Crippen LogP contribution is 2.30. The first-order chi connectivity index (χ1) is 22.7. The molecule has 13 heteroatoms. The first-order valence-electron chi connectivity index (χ1n) is 15.7. The molecule has 262 valence electrons. The van der Waals surface area contributed by atoms with Crippen LogP contribution >= 0.6 is 11.6 Å². The van der Waals surface area contributed by atoms with E-state index in [4.69, 9.17) is 30.5 Å². The summed E-state index contributed by atoms with van der Waals surface area (Å²) in [5.41, 5.74) is 1.46. The molecule has 1 fully saturated rings. The van der Waals surface area contributed by atoms with Crippen molar-refractivity contribution in [1.29, 1.82) is 0 Å². The Balaban J connectivity index is 0.00000307. The van der Waals surface area contributed by atoms with Gasteiger partial charge in [0.25, 0.3) is 5.91 Å². The number of fused-ring (bicyclic) bond motifs is 1. The summed E-state index contributed by atoms with van der Waals surface area (Å²) in [7, 11) is 3.19. The summed E-state index contributed by atoms with van der Waals surface area (Å²) >= 11 is 6.35. The van der Waals surface area contributed by atoms with Crippen LogP contribution in [0.1, 0.15) is 74.9 Å². The second-order valence-electron chi connectivity index (χ2n) is 12.7. The van der Waals surface area contributed by atoms with E-state index >= 15 is 0 Å². The van der Waals surface area contributed by atoms with Gasteiger partial charge in [-0.2, -0.15) is 0 Å². The summed E-state index contributed by atoms with van der Waals surface area (Å²) in [5, 5.41) is 8.31. The zero-order valence-electron chi connectivity index (χ0n) is 28.6. The van der Waals surface area contributed by atoms with Crippen molar-refractivity contribution >= 4 is 41.0 Å². The van der Waals surface area contributed by atoms with Gasteiger partial charge in [-0.3, -0.25) is 19.7 Å². The maximum absolute atomic E-state index is 12.9. The minimum atomic E-state index is -0.683. The lowest BCUT2D eigenvalue weighted by atomic mass is 10.0. The van der Waals surface area contributed by atoms with Crippen molar-refractivity contribution < 1.29 is 38.1 Å². The lowest BCUT2D eigenvalue weighted by molar-refractivity contribution is -0.152. The van der Waals surface area contributed by atoms with Crippen LogP contribution in [-0.4, -0.2) is 73.0 Å². The number of ether oxygens (including phenoxy) is 4. The Labute approximate surface area is 287 Å². The second kappa shape index (κ2) is 16.9. The first-order valence-corrected chi connectivity index (χ1v) is 16.1. The van der Waals surface area contributed by atoms with Crippen molar-refractivity contribution in [3.8, 4) is 5.75 Å². The molecule has 0 aliphatic carbocycles. The highest BCUT2D eigenvalue weighted by Gasteiger charge is 2.39. The molecule has 0 spiro atoms. The van der Waals surface area contributed by atoms with Gasteiger partial charge >= 0.3 is 6.03 Å². The number of carbonyl (C=O) groups excluding carboxylic acids is 4. The van der Waals surface area contributed by atoms with Gasteiger partial charge in [0.05, 0.1) is 12.2 Å². The van der Waals surface area contributed by atoms with Crippen molar-refractivity contribution in [2.45, 2.75) is 90.0 Å². The lowest BCUT2D eigenvalue weighted by Crippen LogP contribution is -2.52. The number of nitrogens with one attached hydrogen (secondary N) is 3. The molecule has 1 unspecified atom stereocenters. The number of benzene rings is 2. The molecule has 0 radical (unpaired) electrons. The monoisotopic (exact) mass is 686 g/mol. The van der Waals surface area contributed by atoms with Crippen molar-refractivity contribution in [2.75, 3.05) is 26.1 Å². The number of hydrogen-bond acceptors (Lipinski definition) is 8. The average Bonchev–Trinajstić information content (AvgIpc) is 3.34. The molecule has 48 heavy (non-hydrogen) atoms. The van der Waals surface area contributed by atoms with Gasteiger partial charge in [0, 0.05) is 68.9 Å². The number of hydrogen-bond donors (Lipinski definition) is 3. The number of urea groups is 1. The summed E-state index contributed by atoms with van der Waals surface area (Å²) in [6.45, 7) is 14.8. The number of anilines is 1. The molecule has 0 saturated carbocycles. The van der Waals surface area contributed by atoms with E-state index in [9.17, 15) is 19.2 Å². The fourth-order valence-corrected chi connectivity index (χ4v) is 5.68. The third-order valence-corrected chi connectivity index (χ3v) is 8.16. The summed E-state index contributed by atoms with van der Waals surface area (Å²) in [5.74, 6) is -0.539. The summed E-state index contributed by atoms with van der Waals surface area (Å²) in [6, 6.07) is 9.17. The SMILES string of the molecule is C=C.COC(CC(C)(C)OCCC(C)(C)Oc1cc(Cl)cc(NC(=O)NCc2ccc3c(c2)CN(C2CCC(=O)NC2=O)C3=O)c1)OC. The van der Waals surface area contributed by atoms with E-state index < -0.39 is 29.2 Å². The Kier molecular flexibility index (Phi) is 13.6. The van der Waals surface area contributed by atoms with Crippen molar-refractivity contribution in [2.24, 2.45) is 0 Å². The predicted octanol–water partition coefficient (Wildman–Crippen LogP) is 5.58. The fourth-order valence-electron chi connectivity index (χ4n) is 5.46. The number of methoxy groups -OCH3 is 2. The van der Waals surface area contributed by atoms with Crippen LogP contribution in [0.15, 0.2) is 49.6 Å². The maximum Gasteiger partial charge on any atom is 0.319 e. The van der Waals surface area contributed by atoms with Crippen LogP contribution in [0.3, 0.4) is 0 Å². The minimum Gasteiger partial charge on any atom is -0.488 e. The quantitative estimate of drug-likeness (QED) is 0.133. The molecular weight excluding hydrogens is 640 g/mol. The molecule has 0 bridgehead atoms. The van der Waals surface area contributed by atoms with Gasteiger partial charge in [0.1, 0.15) is 17.4 Å². The van der Waals surface area contributed by atoms with Crippen molar-refractivity contribution in [3.05, 3.63) is 71.3 Å². The summed E-state index contributed by atoms with van der Waals surface area (Å²) in [4.78, 5) is 51.0. The van der Waals surface area contributed by atoms with Crippen LogP contribution in [0.2, 0.25) is 5.02 Å². The molecule has 2 aliphatic rings. The number of nitrogens with zero attached hydrogens (tertiary/aromatic N) is 1. The van der Waals surface area contributed by atoms with Gasteiger partial charge in [0.2, 0.25) is 11.8 Å². The Morgan fingerprint density at radius 2 is 1.77 bits per heavy atom. The molecule has 2 heterocycles. The number of halogens is 1. The van der Waals surface area contributed by atoms with Crippen LogP contribution in [0, 0.1) is 0 Å². The number of piperidine rings is 1. The highest BCUT2D eigenvalue weighted by atomic mass is 35.5. The van der Waals surface area contributed by atoms with Gasteiger partial charge in [-0.15, -0.1) is 13.2 Å². The average molecular weight is 687 g/mol. The topological polar surface area (TPSA) is 145 Å². The van der Waals surface area contributed by atoms with E-state index in [2.05, 4.69) is 29.1 Å². The number of carbonyl (C=O) groups is 4. The molecule has 2 aromatic carbocycles. The molecule has 12 nitrogen and oxygen atoms in total. The third-order valence-electron chi connectivity index (χ3n) is 7.95. The normalized spacial score (nSPS) is 16.2. The Hall–Kier alpha value is -3.97. The van der Waals surface area contributed by atoms with E-state index in [0.717, 1.165) is 11.1 Å². The first kappa shape index (κ1) is 38.5. The van der Waals surface area contributed by atoms with Crippen LogP contribution in [0.25, 0.3) is 0 Å². The van der Waals surface area contributed by atoms with E-state index in [1.165, 1.54) is 4.90 Å². The predicted molar refractivity (Wildman–Crippen MR) is 183 cm³/mol. The molecule has 1 atom stereocenters. The maximum atomic E-state index is 12.9. The van der Waals surface area contributed by atoms with Crippen LogP contribution in [0.5, 0.6) is 5.75 Å². The smallest absolute Gasteiger partial charge is 0.319 e. The van der Waals surface area contributed by atoms with Crippen molar-refractivity contribution in [1.82, 2.24) is 15.5 Å². The van der Waals surface area contributed by atoms with Crippen LogP contribution < -0.4 is 20.7 Å². The standard InChI is InChI=1S/C33H43ClN4O8.C2H4/c1-32(2,11-12-45-33(3,4)17-28(43-5)44-6)46-24-15-22(34)14-23(16-24)36-31(42)35-18-20-7-8-25-21(13-20)19-38(30(25)41)26-9-10-27(39)37-29(26)40;1-2/h7-8,13-16,26,28H,9-12,17-19H2,1-6H3,(H2,35,36,42)(H,37,39,40);1-2H2. The van der Waals surface area contributed by atoms with Crippen LogP contribution in [-0.2, 0) is 36.9 Å². The molecular formula is C35H47ClN4O8. The Morgan fingerprint density at radius 1 is 1.06 bits per heavy atom. The molecule has 1 saturated heterocycles. The second-order valence-corrected chi connectivity index (χ2v) is 13.1. The van der Waals surface area contributed by atoms with Gasteiger partial charge < -0.3 is 34.5 Å². The number of amides is 5. The third kappa shape index (κ3) is 10.8. The Morgan fingerprint density at radius 3 is 2.44 bits per heavy atom. The van der Waals surface area contributed by atoms with E-state index in [1.54, 1.807) is 44.6 Å². The molecule has 5 amide bonds. The lowest BCUT2D eigenvalue weighted by Gasteiger charge is -2.31. The van der Waals surface area contributed by atoms with Gasteiger partial charge in [-0.05, 0) is 63.4 Å². The summed E-state index contributed by atoms with van der Waals surface area (Å²) < 4.78 is 22.9. The summed E-state index contributed by atoms with van der Waals surface area (Å²) in [6.07, 6.45) is 1.30. The number of rotatable bonds is 14.